The van der Waals surface area contributed by atoms with E-state index in [4.69, 9.17) is 9.84 Å². The van der Waals surface area contributed by atoms with Gasteiger partial charge in [0, 0.05) is 31.8 Å². The van der Waals surface area contributed by atoms with E-state index in [0.29, 0.717) is 13.2 Å². The van der Waals surface area contributed by atoms with Crippen LogP contribution in [0.25, 0.3) is 0 Å². The van der Waals surface area contributed by atoms with Gasteiger partial charge in [0.1, 0.15) is 6.54 Å². The van der Waals surface area contributed by atoms with Gasteiger partial charge in [0.2, 0.25) is 0 Å². The van der Waals surface area contributed by atoms with Crippen molar-refractivity contribution in [1.29, 1.82) is 0 Å². The largest absolute Gasteiger partial charge is 0.480 e. The Balaban J connectivity index is 2.77. The fraction of sp³-hybridized carbons (Fsp3) is 0.846. The molecule has 110 valence electrons. The van der Waals surface area contributed by atoms with Gasteiger partial charge >= 0.3 is 12.0 Å². The van der Waals surface area contributed by atoms with Crippen LogP contribution in [0.4, 0.5) is 4.79 Å². The molecule has 0 aromatic rings. The van der Waals surface area contributed by atoms with E-state index >= 15 is 0 Å². The minimum Gasteiger partial charge on any atom is -0.480 e. The van der Waals surface area contributed by atoms with Crippen LogP contribution in [0, 0.1) is 0 Å². The van der Waals surface area contributed by atoms with Crippen molar-refractivity contribution in [2.75, 3.05) is 26.8 Å². The molecule has 0 unspecified atom stereocenters. The normalized spacial score (nSPS) is 17.1. The van der Waals surface area contributed by atoms with Crippen molar-refractivity contribution >= 4 is 12.0 Å². The number of hydrogen-bond donors (Lipinski definition) is 1. The van der Waals surface area contributed by atoms with Gasteiger partial charge in [-0.05, 0) is 33.6 Å². The third kappa shape index (κ3) is 4.38. The van der Waals surface area contributed by atoms with Crippen molar-refractivity contribution in [3.8, 4) is 0 Å². The SMILES string of the molecule is CN(C(=O)N(CC(=O)O)C(C)(C)C)C1CCOCC1. The van der Waals surface area contributed by atoms with Crippen LogP contribution in [0.1, 0.15) is 33.6 Å². The zero-order valence-corrected chi connectivity index (χ0v) is 12.2. The van der Waals surface area contributed by atoms with Crippen molar-refractivity contribution in [3.05, 3.63) is 0 Å². The summed E-state index contributed by atoms with van der Waals surface area (Å²) >= 11 is 0. The Hall–Kier alpha value is -1.30. The summed E-state index contributed by atoms with van der Waals surface area (Å²) in [6.07, 6.45) is 1.60. The summed E-state index contributed by atoms with van der Waals surface area (Å²) in [6.45, 7) is 6.53. The molecular weight excluding hydrogens is 248 g/mol. The molecule has 1 heterocycles. The number of urea groups is 1. The number of ether oxygens (including phenoxy) is 1. The third-order valence-electron chi connectivity index (χ3n) is 3.37. The fourth-order valence-electron chi connectivity index (χ4n) is 2.15. The summed E-state index contributed by atoms with van der Waals surface area (Å²) in [5.74, 6) is -0.997. The first-order valence-corrected chi connectivity index (χ1v) is 6.57. The van der Waals surface area contributed by atoms with Gasteiger partial charge in [0.05, 0.1) is 0 Å². The number of amides is 2. The predicted molar refractivity (Wildman–Crippen MR) is 71.1 cm³/mol. The summed E-state index contributed by atoms with van der Waals surface area (Å²) < 4.78 is 5.28. The molecule has 0 aromatic heterocycles. The van der Waals surface area contributed by atoms with Gasteiger partial charge in [-0.2, -0.15) is 0 Å². The molecule has 1 N–H and O–H groups in total. The average molecular weight is 272 g/mol. The molecule has 1 fully saturated rings. The second-order valence-electron chi connectivity index (χ2n) is 5.89. The van der Waals surface area contributed by atoms with Gasteiger partial charge in [0.25, 0.3) is 0 Å². The fourth-order valence-corrected chi connectivity index (χ4v) is 2.15. The van der Waals surface area contributed by atoms with Gasteiger partial charge < -0.3 is 19.6 Å². The molecule has 19 heavy (non-hydrogen) atoms. The number of hydrogen-bond acceptors (Lipinski definition) is 3. The Morgan fingerprint density at radius 1 is 1.26 bits per heavy atom. The molecule has 2 amide bonds. The Labute approximate surface area is 114 Å². The number of carboxylic acids is 1. The summed E-state index contributed by atoms with van der Waals surface area (Å²) in [5.41, 5.74) is -0.519. The average Bonchev–Trinajstić information content (AvgIpc) is 2.34. The molecule has 1 saturated heterocycles. The van der Waals surface area contributed by atoms with E-state index in [1.165, 1.54) is 4.90 Å². The maximum atomic E-state index is 12.5. The van der Waals surface area contributed by atoms with Gasteiger partial charge in [-0.1, -0.05) is 0 Å². The molecule has 6 nitrogen and oxygen atoms in total. The quantitative estimate of drug-likeness (QED) is 0.843. The lowest BCUT2D eigenvalue weighted by molar-refractivity contribution is -0.138. The maximum absolute atomic E-state index is 12.5. The standard InChI is InChI=1S/C13H24N2O4/c1-13(2,3)15(9-11(16)17)12(18)14(4)10-5-7-19-8-6-10/h10H,5-9H2,1-4H3,(H,16,17). The van der Waals surface area contributed by atoms with Crippen LogP contribution in [-0.4, -0.2) is 65.3 Å². The van der Waals surface area contributed by atoms with Crippen LogP contribution in [-0.2, 0) is 9.53 Å². The minimum atomic E-state index is -0.997. The highest BCUT2D eigenvalue weighted by atomic mass is 16.5. The monoisotopic (exact) mass is 272 g/mol. The smallest absolute Gasteiger partial charge is 0.323 e. The number of carbonyl (C=O) groups is 2. The second kappa shape index (κ2) is 6.23. The van der Waals surface area contributed by atoms with Gasteiger partial charge in [-0.3, -0.25) is 4.79 Å². The molecule has 0 aromatic carbocycles. The molecule has 1 rings (SSSR count). The summed E-state index contributed by atoms with van der Waals surface area (Å²) in [6, 6.07) is -0.110. The molecule has 0 saturated carbocycles. The summed E-state index contributed by atoms with van der Waals surface area (Å²) in [5, 5.41) is 8.96. The van der Waals surface area contributed by atoms with E-state index in [2.05, 4.69) is 0 Å². The van der Waals surface area contributed by atoms with E-state index in [9.17, 15) is 9.59 Å². The first kappa shape index (κ1) is 15.8. The van der Waals surface area contributed by atoms with Crippen LogP contribution in [0.5, 0.6) is 0 Å². The number of nitrogens with zero attached hydrogens (tertiary/aromatic N) is 2. The molecule has 0 atom stereocenters. The summed E-state index contributed by atoms with van der Waals surface area (Å²) in [4.78, 5) is 26.4. The first-order chi connectivity index (χ1) is 8.73. The molecule has 1 aliphatic rings. The topological polar surface area (TPSA) is 70.1 Å². The Bertz CT molecular complexity index is 332. The van der Waals surface area contributed by atoms with E-state index in [1.54, 1.807) is 11.9 Å². The zero-order chi connectivity index (χ0) is 14.6. The predicted octanol–water partition coefficient (Wildman–Crippen LogP) is 1.40. The molecule has 0 radical (unpaired) electrons. The van der Waals surface area contributed by atoms with Crippen molar-refractivity contribution in [2.45, 2.75) is 45.2 Å². The van der Waals surface area contributed by atoms with Crippen molar-refractivity contribution in [3.63, 3.8) is 0 Å². The third-order valence-corrected chi connectivity index (χ3v) is 3.37. The van der Waals surface area contributed by atoms with Gasteiger partial charge in [-0.25, -0.2) is 4.79 Å². The van der Waals surface area contributed by atoms with Crippen LogP contribution < -0.4 is 0 Å². The Morgan fingerprint density at radius 3 is 2.21 bits per heavy atom. The van der Waals surface area contributed by atoms with Crippen molar-refractivity contribution < 1.29 is 19.4 Å². The molecule has 0 spiro atoms. The summed E-state index contributed by atoms with van der Waals surface area (Å²) in [7, 11) is 1.74. The van der Waals surface area contributed by atoms with E-state index in [0.717, 1.165) is 12.8 Å². The Kier molecular flexibility index (Phi) is 5.17. The lowest BCUT2D eigenvalue weighted by atomic mass is 10.1. The van der Waals surface area contributed by atoms with Crippen LogP contribution in [0.2, 0.25) is 0 Å². The lowest BCUT2D eigenvalue weighted by Gasteiger charge is -2.40. The van der Waals surface area contributed by atoms with Crippen molar-refractivity contribution in [1.82, 2.24) is 9.80 Å². The minimum absolute atomic E-state index is 0.125. The highest BCUT2D eigenvalue weighted by Crippen LogP contribution is 2.19. The maximum Gasteiger partial charge on any atom is 0.323 e. The molecule has 0 bridgehead atoms. The van der Waals surface area contributed by atoms with E-state index in [1.807, 2.05) is 20.8 Å². The van der Waals surface area contributed by atoms with Crippen LogP contribution in [0.15, 0.2) is 0 Å². The number of rotatable bonds is 3. The first-order valence-electron chi connectivity index (χ1n) is 6.57. The zero-order valence-electron chi connectivity index (χ0n) is 12.2. The highest BCUT2D eigenvalue weighted by Gasteiger charge is 2.33. The molecule has 0 aliphatic carbocycles. The van der Waals surface area contributed by atoms with Gasteiger partial charge in [0.15, 0.2) is 0 Å². The van der Waals surface area contributed by atoms with Gasteiger partial charge in [-0.15, -0.1) is 0 Å². The van der Waals surface area contributed by atoms with Crippen molar-refractivity contribution in [2.24, 2.45) is 0 Å². The molecule has 6 heteroatoms. The highest BCUT2D eigenvalue weighted by molar-refractivity contribution is 5.81. The second-order valence-corrected chi connectivity index (χ2v) is 5.89. The molecule has 1 aliphatic heterocycles. The van der Waals surface area contributed by atoms with Crippen LogP contribution >= 0.6 is 0 Å². The molecular formula is C13H24N2O4. The number of carbonyl (C=O) groups excluding carboxylic acids is 1. The van der Waals surface area contributed by atoms with E-state index in [-0.39, 0.29) is 18.6 Å². The number of aliphatic carboxylic acids is 1. The van der Waals surface area contributed by atoms with E-state index < -0.39 is 11.5 Å². The Morgan fingerprint density at radius 2 is 1.79 bits per heavy atom. The lowest BCUT2D eigenvalue weighted by Crippen LogP contribution is -2.55. The number of carboxylic acid groups (broad SMARTS) is 1. The van der Waals surface area contributed by atoms with Crippen LogP contribution in [0.3, 0.4) is 0 Å².